The van der Waals surface area contributed by atoms with Gasteiger partial charge in [0.2, 0.25) is 6.23 Å². The lowest BCUT2D eigenvalue weighted by atomic mass is 9.95. The van der Waals surface area contributed by atoms with Gasteiger partial charge in [-0.2, -0.15) is 5.10 Å². The van der Waals surface area contributed by atoms with E-state index in [-0.39, 0.29) is 6.04 Å². The Morgan fingerprint density at radius 2 is 1.74 bits per heavy atom. The molecule has 0 radical (unpaired) electrons. The van der Waals surface area contributed by atoms with E-state index in [4.69, 9.17) is 42.5 Å². The van der Waals surface area contributed by atoms with Crippen molar-refractivity contribution in [2.75, 3.05) is 14.2 Å². The molecule has 0 aliphatic carbocycles. The third kappa shape index (κ3) is 3.58. The van der Waals surface area contributed by atoms with Crippen LogP contribution in [0.2, 0.25) is 10.0 Å². The van der Waals surface area contributed by atoms with Crippen LogP contribution in [-0.4, -0.2) is 24.9 Å². The van der Waals surface area contributed by atoms with Gasteiger partial charge in [-0.05, 0) is 48.5 Å². The van der Waals surface area contributed by atoms with E-state index in [1.807, 2.05) is 65.7 Å². The average molecular weight is 455 g/mol. The number of ether oxygens (including phenoxy) is 3. The molecule has 5 rings (SSSR count). The standard InChI is InChI=1S/C24H20Cl2N2O3/c1-29-22-8-6-14(11-23(22)30-2)19-13-20-18-12-17(26)7-9-21(18)31-24(28(20)27-19)15-4-3-5-16(25)10-15/h3-12,20,24H,13H2,1-2H3/t20-,24-/m1/s1. The van der Waals surface area contributed by atoms with Crippen LogP contribution >= 0.6 is 23.2 Å². The van der Waals surface area contributed by atoms with Gasteiger partial charge in [0.1, 0.15) is 5.75 Å². The van der Waals surface area contributed by atoms with E-state index in [2.05, 4.69) is 0 Å². The van der Waals surface area contributed by atoms with Crippen molar-refractivity contribution < 1.29 is 14.2 Å². The van der Waals surface area contributed by atoms with Gasteiger partial charge in [-0.25, -0.2) is 5.01 Å². The smallest absolute Gasteiger partial charge is 0.213 e. The molecule has 2 aliphatic rings. The summed E-state index contributed by atoms with van der Waals surface area (Å²) in [6.07, 6.45) is 0.318. The molecule has 2 atom stereocenters. The van der Waals surface area contributed by atoms with E-state index < -0.39 is 6.23 Å². The van der Waals surface area contributed by atoms with E-state index in [0.717, 1.165) is 28.2 Å². The van der Waals surface area contributed by atoms with Crippen LogP contribution in [0.5, 0.6) is 17.2 Å². The van der Waals surface area contributed by atoms with Crippen molar-refractivity contribution in [2.24, 2.45) is 5.10 Å². The maximum absolute atomic E-state index is 6.36. The number of benzene rings is 3. The van der Waals surface area contributed by atoms with Crippen LogP contribution < -0.4 is 14.2 Å². The minimum atomic E-state index is -0.394. The fraction of sp³-hybridized carbons (Fsp3) is 0.208. The summed E-state index contributed by atoms with van der Waals surface area (Å²) < 4.78 is 17.2. The average Bonchev–Trinajstić information content (AvgIpc) is 3.24. The van der Waals surface area contributed by atoms with Gasteiger partial charge in [-0.3, -0.25) is 0 Å². The highest BCUT2D eigenvalue weighted by Gasteiger charge is 2.41. The van der Waals surface area contributed by atoms with Gasteiger partial charge in [0.25, 0.3) is 0 Å². The summed E-state index contributed by atoms with van der Waals surface area (Å²) in [6, 6.07) is 19.2. The predicted molar refractivity (Wildman–Crippen MR) is 122 cm³/mol. The summed E-state index contributed by atoms with van der Waals surface area (Å²) in [5.41, 5.74) is 3.87. The highest BCUT2D eigenvalue weighted by atomic mass is 35.5. The van der Waals surface area contributed by atoms with E-state index in [0.29, 0.717) is 28.0 Å². The number of rotatable bonds is 4. The molecular formula is C24H20Cl2N2O3. The number of fused-ring (bicyclic) bond motifs is 3. The molecule has 0 N–H and O–H groups in total. The minimum Gasteiger partial charge on any atom is -0.493 e. The highest BCUT2D eigenvalue weighted by Crippen LogP contribution is 2.48. The number of nitrogens with zero attached hydrogens (tertiary/aromatic N) is 2. The number of hydrogen-bond donors (Lipinski definition) is 0. The molecular weight excluding hydrogens is 435 g/mol. The lowest BCUT2D eigenvalue weighted by Gasteiger charge is -2.38. The van der Waals surface area contributed by atoms with Crippen LogP contribution in [0, 0.1) is 0 Å². The van der Waals surface area contributed by atoms with Gasteiger partial charge in [0.15, 0.2) is 11.5 Å². The van der Waals surface area contributed by atoms with Gasteiger partial charge in [-0.1, -0.05) is 35.3 Å². The molecule has 0 aromatic heterocycles. The molecule has 0 fully saturated rings. The van der Waals surface area contributed by atoms with Crippen LogP contribution in [0.4, 0.5) is 0 Å². The number of hydrazone groups is 1. The third-order valence-corrected chi connectivity index (χ3v) is 6.07. The van der Waals surface area contributed by atoms with Gasteiger partial charge < -0.3 is 14.2 Å². The molecule has 2 aliphatic heterocycles. The van der Waals surface area contributed by atoms with Crippen molar-refractivity contribution in [3.8, 4) is 17.2 Å². The van der Waals surface area contributed by atoms with Crippen molar-refractivity contribution in [3.63, 3.8) is 0 Å². The van der Waals surface area contributed by atoms with Crippen LogP contribution in [-0.2, 0) is 0 Å². The van der Waals surface area contributed by atoms with E-state index in [1.165, 1.54) is 0 Å². The first-order valence-corrected chi connectivity index (χ1v) is 10.6. The second kappa shape index (κ2) is 7.98. The Labute approximate surface area is 190 Å². The number of halogens is 2. The minimum absolute atomic E-state index is 0.00507. The fourth-order valence-corrected chi connectivity index (χ4v) is 4.51. The summed E-state index contributed by atoms with van der Waals surface area (Å²) in [7, 11) is 3.25. The first-order chi connectivity index (χ1) is 15.1. The molecule has 2 heterocycles. The topological polar surface area (TPSA) is 43.3 Å². The molecule has 0 unspecified atom stereocenters. The number of methoxy groups -OCH3 is 2. The molecule has 0 bridgehead atoms. The molecule has 31 heavy (non-hydrogen) atoms. The highest BCUT2D eigenvalue weighted by molar-refractivity contribution is 6.31. The molecule has 0 saturated carbocycles. The summed E-state index contributed by atoms with van der Waals surface area (Å²) in [6.45, 7) is 0. The normalized spacial score (nSPS) is 19.2. The van der Waals surface area contributed by atoms with Gasteiger partial charge >= 0.3 is 0 Å². The molecule has 7 heteroatoms. The van der Waals surface area contributed by atoms with Gasteiger partial charge in [-0.15, -0.1) is 0 Å². The lowest BCUT2D eigenvalue weighted by molar-refractivity contribution is -0.0190. The molecule has 5 nitrogen and oxygen atoms in total. The van der Waals surface area contributed by atoms with Crippen molar-refractivity contribution >= 4 is 28.9 Å². The van der Waals surface area contributed by atoms with Gasteiger partial charge in [0, 0.05) is 33.2 Å². The van der Waals surface area contributed by atoms with Crippen molar-refractivity contribution in [2.45, 2.75) is 18.7 Å². The van der Waals surface area contributed by atoms with Crippen LogP contribution in [0.25, 0.3) is 0 Å². The largest absolute Gasteiger partial charge is 0.493 e. The predicted octanol–water partition coefficient (Wildman–Crippen LogP) is 6.25. The van der Waals surface area contributed by atoms with Crippen molar-refractivity contribution in [1.82, 2.24) is 5.01 Å². The van der Waals surface area contributed by atoms with Gasteiger partial charge in [0.05, 0.1) is 26.0 Å². The SMILES string of the molecule is COc1ccc(C2=NN3[C@H](C2)c2cc(Cl)ccc2O[C@@H]3c2cccc(Cl)c2)cc1OC. The Bertz CT molecular complexity index is 1180. The maximum atomic E-state index is 6.36. The zero-order valence-corrected chi connectivity index (χ0v) is 18.5. The van der Waals surface area contributed by atoms with Crippen LogP contribution in [0.3, 0.4) is 0 Å². The van der Waals surface area contributed by atoms with E-state index in [1.54, 1.807) is 14.2 Å². The van der Waals surface area contributed by atoms with Crippen molar-refractivity contribution in [3.05, 3.63) is 87.4 Å². The first kappa shape index (κ1) is 20.0. The zero-order valence-electron chi connectivity index (χ0n) is 17.0. The second-order valence-electron chi connectivity index (χ2n) is 7.42. The summed E-state index contributed by atoms with van der Waals surface area (Å²) in [4.78, 5) is 0. The third-order valence-electron chi connectivity index (χ3n) is 5.60. The monoisotopic (exact) mass is 454 g/mol. The Balaban J connectivity index is 1.59. The molecule has 3 aromatic rings. The molecule has 3 aromatic carbocycles. The Kier molecular flexibility index (Phi) is 5.16. The fourth-order valence-electron chi connectivity index (χ4n) is 4.13. The summed E-state index contributed by atoms with van der Waals surface area (Å²) in [5, 5.41) is 8.29. The zero-order chi connectivity index (χ0) is 21.5. The molecule has 0 amide bonds. The maximum Gasteiger partial charge on any atom is 0.213 e. The Hall–Kier alpha value is -2.89. The Morgan fingerprint density at radius 1 is 0.935 bits per heavy atom. The van der Waals surface area contributed by atoms with Crippen LogP contribution in [0.1, 0.15) is 35.4 Å². The van der Waals surface area contributed by atoms with E-state index in [9.17, 15) is 0 Å². The molecule has 158 valence electrons. The van der Waals surface area contributed by atoms with Crippen molar-refractivity contribution in [1.29, 1.82) is 0 Å². The first-order valence-electron chi connectivity index (χ1n) is 9.87. The second-order valence-corrected chi connectivity index (χ2v) is 8.30. The van der Waals surface area contributed by atoms with Crippen LogP contribution in [0.15, 0.2) is 65.8 Å². The quantitative estimate of drug-likeness (QED) is 0.466. The molecule has 0 saturated heterocycles. The Morgan fingerprint density at radius 3 is 2.52 bits per heavy atom. The number of hydrogen-bond acceptors (Lipinski definition) is 5. The van der Waals surface area contributed by atoms with E-state index >= 15 is 0 Å². The lowest BCUT2D eigenvalue weighted by Crippen LogP contribution is -2.33. The summed E-state index contributed by atoms with van der Waals surface area (Å²) in [5.74, 6) is 2.15. The molecule has 0 spiro atoms. The summed E-state index contributed by atoms with van der Waals surface area (Å²) >= 11 is 12.6.